The van der Waals surface area contributed by atoms with E-state index in [0.29, 0.717) is 25.1 Å². The first-order valence-corrected chi connectivity index (χ1v) is 10.1. The molecule has 0 aliphatic carbocycles. The van der Waals surface area contributed by atoms with Gasteiger partial charge < -0.3 is 5.32 Å². The van der Waals surface area contributed by atoms with Gasteiger partial charge in [0.05, 0.1) is 10.6 Å². The highest BCUT2D eigenvalue weighted by Crippen LogP contribution is 2.24. The first-order chi connectivity index (χ1) is 12.8. The average Bonchev–Trinajstić information content (AvgIpc) is 2.64. The third-order valence-corrected chi connectivity index (χ3v) is 6.43. The van der Waals surface area contributed by atoms with E-state index in [1.165, 1.54) is 28.6 Å². The molecule has 27 heavy (non-hydrogen) atoms. The number of nitrogens with zero attached hydrogens (tertiary/aromatic N) is 1. The van der Waals surface area contributed by atoms with Crippen molar-refractivity contribution >= 4 is 21.6 Å². The standard InChI is InChI=1S/C19H20F2N2O3S/c1-13-3-2-10-23(12-13)27(25,26)16-7-4-14(5-8-16)19(24)22-18-9-6-15(20)11-17(18)21/h4-9,11,13H,2-3,10,12H2,1H3,(H,22,24). The largest absolute Gasteiger partial charge is 0.319 e. The second-order valence-electron chi connectivity index (χ2n) is 6.71. The van der Waals surface area contributed by atoms with Crippen LogP contribution in [-0.4, -0.2) is 31.7 Å². The Hall–Kier alpha value is -2.32. The van der Waals surface area contributed by atoms with Crippen molar-refractivity contribution in [3.63, 3.8) is 0 Å². The second-order valence-corrected chi connectivity index (χ2v) is 8.65. The Morgan fingerprint density at radius 1 is 1.15 bits per heavy atom. The molecule has 1 N–H and O–H groups in total. The van der Waals surface area contributed by atoms with Gasteiger partial charge in [-0.15, -0.1) is 0 Å². The van der Waals surface area contributed by atoms with Crippen LogP contribution in [0, 0.1) is 17.6 Å². The summed E-state index contributed by atoms with van der Waals surface area (Å²) in [4.78, 5) is 12.3. The van der Waals surface area contributed by atoms with Gasteiger partial charge in [-0.2, -0.15) is 4.31 Å². The molecule has 1 saturated heterocycles. The van der Waals surface area contributed by atoms with Gasteiger partial charge in [0.15, 0.2) is 0 Å². The lowest BCUT2D eigenvalue weighted by atomic mass is 10.0. The van der Waals surface area contributed by atoms with Gasteiger partial charge in [0, 0.05) is 24.7 Å². The van der Waals surface area contributed by atoms with Gasteiger partial charge in [0.1, 0.15) is 11.6 Å². The number of hydrogen-bond acceptors (Lipinski definition) is 3. The average molecular weight is 394 g/mol. The molecular weight excluding hydrogens is 374 g/mol. The minimum Gasteiger partial charge on any atom is -0.319 e. The van der Waals surface area contributed by atoms with E-state index in [0.717, 1.165) is 25.0 Å². The molecule has 2 aromatic carbocycles. The molecule has 2 aromatic rings. The van der Waals surface area contributed by atoms with Gasteiger partial charge in [0.25, 0.3) is 5.91 Å². The number of carbonyl (C=O) groups excluding carboxylic acids is 1. The van der Waals surface area contributed by atoms with Crippen LogP contribution in [0.3, 0.4) is 0 Å². The number of nitrogens with one attached hydrogen (secondary N) is 1. The highest BCUT2D eigenvalue weighted by atomic mass is 32.2. The van der Waals surface area contributed by atoms with Gasteiger partial charge in [-0.3, -0.25) is 4.79 Å². The monoisotopic (exact) mass is 394 g/mol. The number of sulfonamides is 1. The predicted octanol–water partition coefficient (Wildman–Crippen LogP) is 3.64. The van der Waals surface area contributed by atoms with Crippen LogP contribution >= 0.6 is 0 Å². The van der Waals surface area contributed by atoms with Gasteiger partial charge in [-0.25, -0.2) is 17.2 Å². The zero-order valence-electron chi connectivity index (χ0n) is 14.8. The van der Waals surface area contributed by atoms with Crippen molar-refractivity contribution in [3.8, 4) is 0 Å². The molecule has 144 valence electrons. The van der Waals surface area contributed by atoms with Crippen LogP contribution in [0.1, 0.15) is 30.1 Å². The Morgan fingerprint density at radius 2 is 1.85 bits per heavy atom. The Kier molecular flexibility index (Phi) is 5.57. The van der Waals surface area contributed by atoms with Crippen molar-refractivity contribution in [1.29, 1.82) is 0 Å². The Bertz CT molecular complexity index is 946. The van der Waals surface area contributed by atoms with Crippen LogP contribution in [0.5, 0.6) is 0 Å². The summed E-state index contributed by atoms with van der Waals surface area (Å²) in [5.74, 6) is -1.94. The molecule has 1 unspecified atom stereocenters. The maximum atomic E-state index is 13.6. The number of anilines is 1. The van der Waals surface area contributed by atoms with E-state index in [1.807, 2.05) is 6.92 Å². The third kappa shape index (κ3) is 4.33. The summed E-state index contributed by atoms with van der Waals surface area (Å²) in [7, 11) is -3.61. The zero-order valence-corrected chi connectivity index (χ0v) is 15.6. The first-order valence-electron chi connectivity index (χ1n) is 8.64. The molecule has 5 nitrogen and oxygen atoms in total. The maximum Gasteiger partial charge on any atom is 0.255 e. The number of hydrogen-bond donors (Lipinski definition) is 1. The molecule has 3 rings (SSSR count). The molecule has 1 atom stereocenters. The smallest absolute Gasteiger partial charge is 0.255 e. The fourth-order valence-electron chi connectivity index (χ4n) is 3.08. The third-order valence-electron chi connectivity index (χ3n) is 4.55. The molecule has 1 aliphatic rings. The number of carbonyl (C=O) groups is 1. The van der Waals surface area contributed by atoms with Crippen molar-refractivity contribution < 1.29 is 22.0 Å². The molecular formula is C19H20F2N2O3S. The Balaban J connectivity index is 1.75. The lowest BCUT2D eigenvalue weighted by Crippen LogP contribution is -2.39. The van der Waals surface area contributed by atoms with Crippen LogP contribution < -0.4 is 5.32 Å². The van der Waals surface area contributed by atoms with Gasteiger partial charge in [-0.1, -0.05) is 6.92 Å². The molecule has 0 bridgehead atoms. The van der Waals surface area contributed by atoms with E-state index in [9.17, 15) is 22.0 Å². The van der Waals surface area contributed by atoms with Crippen LogP contribution in [-0.2, 0) is 10.0 Å². The minimum atomic E-state index is -3.61. The molecule has 1 amide bonds. The molecule has 1 aliphatic heterocycles. The summed E-state index contributed by atoms with van der Waals surface area (Å²) in [6, 6.07) is 8.31. The van der Waals surface area contributed by atoms with Gasteiger partial charge in [0.2, 0.25) is 10.0 Å². The molecule has 0 spiro atoms. The summed E-state index contributed by atoms with van der Waals surface area (Å²) in [6.07, 6.45) is 1.83. The number of rotatable bonds is 4. The molecule has 1 fully saturated rings. The normalized spacial score (nSPS) is 18.3. The van der Waals surface area contributed by atoms with Crippen LogP contribution in [0.25, 0.3) is 0 Å². The van der Waals surface area contributed by atoms with E-state index in [2.05, 4.69) is 5.32 Å². The highest BCUT2D eigenvalue weighted by Gasteiger charge is 2.28. The van der Waals surface area contributed by atoms with E-state index < -0.39 is 27.6 Å². The van der Waals surface area contributed by atoms with E-state index in [1.54, 1.807) is 0 Å². The summed E-state index contributed by atoms with van der Waals surface area (Å²) < 4.78 is 53.5. The van der Waals surface area contributed by atoms with E-state index in [-0.39, 0.29) is 16.1 Å². The quantitative estimate of drug-likeness (QED) is 0.861. The van der Waals surface area contributed by atoms with Crippen LogP contribution in [0.2, 0.25) is 0 Å². The van der Waals surface area contributed by atoms with Crippen molar-refractivity contribution in [2.75, 3.05) is 18.4 Å². The topological polar surface area (TPSA) is 66.5 Å². The number of benzene rings is 2. The maximum absolute atomic E-state index is 13.6. The Labute approximate surface area is 157 Å². The van der Waals surface area contributed by atoms with Gasteiger partial charge in [-0.05, 0) is 55.2 Å². The van der Waals surface area contributed by atoms with Crippen LogP contribution in [0.4, 0.5) is 14.5 Å². The number of amides is 1. The van der Waals surface area contributed by atoms with Crippen molar-refractivity contribution in [1.82, 2.24) is 4.31 Å². The molecule has 8 heteroatoms. The fourth-order valence-corrected chi connectivity index (χ4v) is 4.68. The van der Waals surface area contributed by atoms with Crippen LogP contribution in [0.15, 0.2) is 47.4 Å². The van der Waals surface area contributed by atoms with E-state index in [4.69, 9.17) is 0 Å². The molecule has 1 heterocycles. The minimum absolute atomic E-state index is 0.112. The second kappa shape index (κ2) is 7.74. The number of halogens is 2. The summed E-state index contributed by atoms with van der Waals surface area (Å²) >= 11 is 0. The molecule has 0 saturated carbocycles. The van der Waals surface area contributed by atoms with Gasteiger partial charge >= 0.3 is 0 Å². The first kappa shape index (κ1) is 19.4. The van der Waals surface area contributed by atoms with Crippen molar-refractivity contribution in [2.24, 2.45) is 5.92 Å². The summed E-state index contributed by atoms with van der Waals surface area (Å²) in [5.41, 5.74) is 0.0186. The highest BCUT2D eigenvalue weighted by molar-refractivity contribution is 7.89. The lowest BCUT2D eigenvalue weighted by molar-refractivity contribution is 0.102. The van der Waals surface area contributed by atoms with Crippen molar-refractivity contribution in [3.05, 3.63) is 59.7 Å². The molecule has 0 radical (unpaired) electrons. The SMILES string of the molecule is CC1CCCN(S(=O)(=O)c2ccc(C(=O)Nc3ccc(F)cc3F)cc2)C1. The van der Waals surface area contributed by atoms with E-state index >= 15 is 0 Å². The Morgan fingerprint density at radius 3 is 2.48 bits per heavy atom. The summed E-state index contributed by atoms with van der Waals surface area (Å²) in [5, 5.41) is 2.34. The fraction of sp³-hybridized carbons (Fsp3) is 0.316. The lowest BCUT2D eigenvalue weighted by Gasteiger charge is -2.30. The molecule has 0 aromatic heterocycles. The van der Waals surface area contributed by atoms with Crippen molar-refractivity contribution in [2.45, 2.75) is 24.7 Å². The predicted molar refractivity (Wildman–Crippen MR) is 97.9 cm³/mol. The zero-order chi connectivity index (χ0) is 19.6. The number of piperidine rings is 1. The summed E-state index contributed by atoms with van der Waals surface area (Å²) in [6.45, 7) is 2.98.